The summed E-state index contributed by atoms with van der Waals surface area (Å²) in [5, 5.41) is 1.15. The van der Waals surface area contributed by atoms with E-state index >= 15 is 0 Å². The molecule has 3 rings (SSSR count). The summed E-state index contributed by atoms with van der Waals surface area (Å²) in [6.07, 6.45) is 1.05. The summed E-state index contributed by atoms with van der Waals surface area (Å²) < 4.78 is 5.20. The number of rotatable bonds is 1. The number of ketones is 2. The van der Waals surface area contributed by atoms with Gasteiger partial charge in [0.05, 0.1) is 10.6 Å². The predicted octanol–water partition coefficient (Wildman–Crippen LogP) is 3.27. The Morgan fingerprint density at radius 2 is 1.90 bits per heavy atom. The third-order valence-electron chi connectivity index (χ3n) is 3.21. The van der Waals surface area contributed by atoms with Gasteiger partial charge in [-0.25, -0.2) is 0 Å². The van der Waals surface area contributed by atoms with Crippen molar-refractivity contribution in [2.75, 3.05) is 0 Å². The topological polar surface area (TPSA) is 60.4 Å². The lowest BCUT2D eigenvalue weighted by molar-refractivity contribution is -0.131. The summed E-state index contributed by atoms with van der Waals surface area (Å²) in [5.41, 5.74) is 0.237. The molecule has 0 heterocycles. The van der Waals surface area contributed by atoms with Gasteiger partial charge in [-0.1, -0.05) is 35.9 Å². The van der Waals surface area contributed by atoms with E-state index in [1.54, 1.807) is 30.3 Å². The Morgan fingerprint density at radius 3 is 2.62 bits per heavy atom. The van der Waals surface area contributed by atoms with Gasteiger partial charge in [0.25, 0.3) is 0 Å². The first-order valence-electron chi connectivity index (χ1n) is 6.19. The Kier molecular flexibility index (Phi) is 3.11. The largest absolute Gasteiger partial charge is 0.425 e. The SMILES string of the molecule is CC(=O)Oc1c2c(cc3ccccc13)C(=O)C(Cl)=CC2=O. The Morgan fingerprint density at radius 1 is 1.19 bits per heavy atom. The van der Waals surface area contributed by atoms with Gasteiger partial charge in [0.2, 0.25) is 5.78 Å². The van der Waals surface area contributed by atoms with Crippen molar-refractivity contribution >= 4 is 39.9 Å². The fourth-order valence-corrected chi connectivity index (χ4v) is 2.57. The number of halogens is 1. The minimum Gasteiger partial charge on any atom is -0.425 e. The number of hydrogen-bond acceptors (Lipinski definition) is 4. The molecule has 0 aromatic heterocycles. The summed E-state index contributed by atoms with van der Waals surface area (Å²) in [6.45, 7) is 1.24. The summed E-state index contributed by atoms with van der Waals surface area (Å²) in [5.74, 6) is -1.36. The first kappa shape index (κ1) is 13.5. The molecule has 1 aliphatic rings. The van der Waals surface area contributed by atoms with Crippen LogP contribution in [0.15, 0.2) is 41.4 Å². The molecule has 0 unspecified atom stereocenters. The van der Waals surface area contributed by atoms with E-state index in [2.05, 4.69) is 0 Å². The van der Waals surface area contributed by atoms with E-state index in [4.69, 9.17) is 16.3 Å². The maximum Gasteiger partial charge on any atom is 0.308 e. The number of esters is 1. The number of hydrogen-bond donors (Lipinski definition) is 0. The lowest BCUT2D eigenvalue weighted by Gasteiger charge is -2.17. The van der Waals surface area contributed by atoms with Gasteiger partial charge in [0.15, 0.2) is 11.5 Å². The molecule has 0 amide bonds. The van der Waals surface area contributed by atoms with Gasteiger partial charge in [-0.3, -0.25) is 14.4 Å². The molecule has 21 heavy (non-hydrogen) atoms. The van der Waals surface area contributed by atoms with Gasteiger partial charge in [-0.2, -0.15) is 0 Å². The molecule has 1 aliphatic carbocycles. The summed E-state index contributed by atoms with van der Waals surface area (Å²) in [6, 6.07) is 8.64. The van der Waals surface area contributed by atoms with Gasteiger partial charge in [0, 0.05) is 23.9 Å². The summed E-state index contributed by atoms with van der Waals surface area (Å²) >= 11 is 5.78. The summed E-state index contributed by atoms with van der Waals surface area (Å²) in [4.78, 5) is 35.7. The van der Waals surface area contributed by atoms with Crippen LogP contribution in [0.1, 0.15) is 27.6 Å². The van der Waals surface area contributed by atoms with Crippen LogP contribution >= 0.6 is 11.6 Å². The molecule has 0 fully saturated rings. The van der Waals surface area contributed by atoms with E-state index in [9.17, 15) is 14.4 Å². The van der Waals surface area contributed by atoms with Crippen LogP contribution in [-0.4, -0.2) is 17.5 Å². The molecule has 0 saturated carbocycles. The van der Waals surface area contributed by atoms with Crippen molar-refractivity contribution in [3.63, 3.8) is 0 Å². The normalized spacial score (nSPS) is 13.9. The van der Waals surface area contributed by atoms with Crippen molar-refractivity contribution in [2.24, 2.45) is 0 Å². The maximum absolute atomic E-state index is 12.2. The highest BCUT2D eigenvalue weighted by Gasteiger charge is 2.30. The van der Waals surface area contributed by atoms with Crippen molar-refractivity contribution in [3.05, 3.63) is 52.6 Å². The first-order valence-corrected chi connectivity index (χ1v) is 6.57. The maximum atomic E-state index is 12.2. The minimum absolute atomic E-state index is 0.0818. The van der Waals surface area contributed by atoms with Gasteiger partial charge in [-0.15, -0.1) is 0 Å². The zero-order valence-corrected chi connectivity index (χ0v) is 11.7. The minimum atomic E-state index is -0.561. The number of Topliss-reactive ketones (excluding diaryl/α,β-unsaturated/α-hetero) is 1. The second-order valence-corrected chi connectivity index (χ2v) is 5.04. The molecule has 0 atom stereocenters. The molecule has 0 N–H and O–H groups in total. The molecular formula is C16H9ClO4. The average molecular weight is 301 g/mol. The predicted molar refractivity (Wildman–Crippen MR) is 77.9 cm³/mol. The molecule has 2 aromatic rings. The highest BCUT2D eigenvalue weighted by Crippen LogP contribution is 2.37. The molecular weight excluding hydrogens is 292 g/mol. The van der Waals surface area contributed by atoms with Crippen LogP contribution in [0.25, 0.3) is 10.8 Å². The third kappa shape index (κ3) is 2.14. The van der Waals surface area contributed by atoms with Crippen molar-refractivity contribution in [2.45, 2.75) is 6.92 Å². The molecule has 104 valence electrons. The fraction of sp³-hybridized carbons (Fsp3) is 0.0625. The molecule has 0 bridgehead atoms. The Balaban J connectivity index is 2.42. The van der Waals surface area contributed by atoms with Crippen LogP contribution in [0, 0.1) is 0 Å². The molecule has 0 saturated heterocycles. The number of carbonyl (C=O) groups is 3. The number of carbonyl (C=O) groups excluding carboxylic acids is 3. The molecule has 0 aliphatic heterocycles. The highest BCUT2D eigenvalue weighted by molar-refractivity contribution is 6.49. The van der Waals surface area contributed by atoms with E-state index in [1.807, 2.05) is 0 Å². The highest BCUT2D eigenvalue weighted by atomic mass is 35.5. The van der Waals surface area contributed by atoms with E-state index in [-0.39, 0.29) is 21.9 Å². The van der Waals surface area contributed by atoms with Gasteiger partial charge in [-0.05, 0) is 11.5 Å². The van der Waals surface area contributed by atoms with Crippen LogP contribution in [0.4, 0.5) is 0 Å². The van der Waals surface area contributed by atoms with Crippen molar-refractivity contribution < 1.29 is 19.1 Å². The zero-order valence-electron chi connectivity index (χ0n) is 11.0. The van der Waals surface area contributed by atoms with Crippen molar-refractivity contribution in [1.29, 1.82) is 0 Å². The van der Waals surface area contributed by atoms with Crippen molar-refractivity contribution in [1.82, 2.24) is 0 Å². The fourth-order valence-electron chi connectivity index (χ4n) is 2.37. The van der Waals surface area contributed by atoms with E-state index < -0.39 is 17.5 Å². The third-order valence-corrected chi connectivity index (χ3v) is 3.49. The van der Waals surface area contributed by atoms with Crippen LogP contribution in [0.5, 0.6) is 5.75 Å². The second-order valence-electron chi connectivity index (χ2n) is 4.63. The van der Waals surface area contributed by atoms with Crippen LogP contribution < -0.4 is 4.74 Å². The van der Waals surface area contributed by atoms with Gasteiger partial charge >= 0.3 is 5.97 Å². The Labute approximate surface area is 125 Å². The monoisotopic (exact) mass is 300 g/mol. The van der Waals surface area contributed by atoms with Gasteiger partial charge in [0.1, 0.15) is 0 Å². The molecule has 0 radical (unpaired) electrons. The number of ether oxygens (including phenoxy) is 1. The molecule has 5 heteroatoms. The molecule has 2 aromatic carbocycles. The number of fused-ring (bicyclic) bond motifs is 2. The van der Waals surface area contributed by atoms with E-state index in [0.717, 1.165) is 6.08 Å². The smallest absolute Gasteiger partial charge is 0.308 e. The first-order chi connectivity index (χ1) is 9.99. The second kappa shape index (κ2) is 4.82. The van der Waals surface area contributed by atoms with Crippen LogP contribution in [0.2, 0.25) is 0 Å². The van der Waals surface area contributed by atoms with E-state index in [0.29, 0.717) is 10.8 Å². The van der Waals surface area contributed by atoms with Gasteiger partial charge < -0.3 is 4.74 Å². The number of benzene rings is 2. The Bertz CT molecular complexity index is 849. The summed E-state index contributed by atoms with van der Waals surface area (Å²) in [7, 11) is 0. The van der Waals surface area contributed by atoms with Crippen molar-refractivity contribution in [3.8, 4) is 5.75 Å². The quantitative estimate of drug-likeness (QED) is 0.599. The van der Waals surface area contributed by atoms with E-state index in [1.165, 1.54) is 6.92 Å². The average Bonchev–Trinajstić information content (AvgIpc) is 2.44. The lowest BCUT2D eigenvalue weighted by Crippen LogP contribution is -2.17. The standard InChI is InChI=1S/C16H9ClO4/c1-8(18)21-16-10-5-3-2-4-9(10)6-11-14(16)13(19)7-12(17)15(11)20/h2-7H,1H3. The molecule has 0 spiro atoms. The number of allylic oxidation sites excluding steroid dienone is 2. The Hall–Kier alpha value is -2.46. The van der Waals surface area contributed by atoms with Crippen LogP contribution in [-0.2, 0) is 4.79 Å². The lowest BCUT2D eigenvalue weighted by atomic mass is 9.90. The van der Waals surface area contributed by atoms with Crippen LogP contribution in [0.3, 0.4) is 0 Å². The molecule has 4 nitrogen and oxygen atoms in total. The zero-order chi connectivity index (χ0) is 15.1.